The first-order valence-corrected chi connectivity index (χ1v) is 9.75. The van der Waals surface area contributed by atoms with Gasteiger partial charge in [0.25, 0.3) is 0 Å². The summed E-state index contributed by atoms with van der Waals surface area (Å²) in [6.45, 7) is 1.47. The standard InChI is InChI=1S/C22H14F9NO3/c1-2-14-9-16(15-8-11(20(23,24)25)3-4-17(15)32(14)19(34)35)18(33)10-5-12(21(26,27)28)7-13(6-10)22(29,30)31/h3-9,14H,2H2,1H3,(H,34,35). The fourth-order valence-electron chi connectivity index (χ4n) is 3.66. The molecule has 0 bridgehead atoms. The van der Waals surface area contributed by atoms with Crippen LogP contribution < -0.4 is 4.90 Å². The van der Waals surface area contributed by atoms with Crippen molar-refractivity contribution in [2.45, 2.75) is 37.9 Å². The van der Waals surface area contributed by atoms with Crippen LogP contribution in [0.1, 0.15) is 46.0 Å². The molecule has 1 aliphatic rings. The van der Waals surface area contributed by atoms with Crippen molar-refractivity contribution in [3.8, 4) is 0 Å². The molecule has 1 aliphatic heterocycles. The number of anilines is 1. The number of halogens is 9. The molecule has 0 fully saturated rings. The second-order valence-corrected chi connectivity index (χ2v) is 7.56. The van der Waals surface area contributed by atoms with Crippen LogP contribution in [-0.4, -0.2) is 23.0 Å². The molecule has 2 aromatic carbocycles. The number of carbonyl (C=O) groups is 2. The molecule has 1 atom stereocenters. The van der Waals surface area contributed by atoms with Gasteiger partial charge in [0.2, 0.25) is 0 Å². The number of carboxylic acid groups (broad SMARTS) is 1. The molecule has 3 rings (SSSR count). The third-order valence-corrected chi connectivity index (χ3v) is 5.28. The summed E-state index contributed by atoms with van der Waals surface area (Å²) in [5, 5.41) is 9.55. The monoisotopic (exact) mass is 511 g/mol. The molecule has 35 heavy (non-hydrogen) atoms. The minimum atomic E-state index is -5.26. The molecule has 2 aromatic rings. The highest BCUT2D eigenvalue weighted by Crippen LogP contribution is 2.42. The van der Waals surface area contributed by atoms with Gasteiger partial charge in [0.05, 0.1) is 28.4 Å². The van der Waals surface area contributed by atoms with Crippen molar-refractivity contribution in [3.63, 3.8) is 0 Å². The quantitative estimate of drug-likeness (QED) is 0.348. The van der Waals surface area contributed by atoms with Crippen LogP contribution >= 0.6 is 0 Å². The summed E-state index contributed by atoms with van der Waals surface area (Å²) >= 11 is 0. The Hall–Kier alpha value is -3.51. The molecule has 13 heteroatoms. The van der Waals surface area contributed by atoms with Gasteiger partial charge in [-0.05, 0) is 48.9 Å². The van der Waals surface area contributed by atoms with Crippen LogP contribution in [-0.2, 0) is 18.5 Å². The maximum Gasteiger partial charge on any atom is 0.416 e. The first kappa shape index (κ1) is 26.1. The second kappa shape index (κ2) is 8.61. The van der Waals surface area contributed by atoms with Crippen molar-refractivity contribution < 1.29 is 54.2 Å². The van der Waals surface area contributed by atoms with E-state index in [0.717, 1.165) is 12.1 Å². The molecule has 1 unspecified atom stereocenters. The average Bonchev–Trinajstić information content (AvgIpc) is 2.74. The Bertz CT molecular complexity index is 1180. The van der Waals surface area contributed by atoms with Crippen molar-refractivity contribution in [1.82, 2.24) is 0 Å². The van der Waals surface area contributed by atoms with Crippen LogP contribution in [0.4, 0.5) is 50.0 Å². The number of carbonyl (C=O) groups excluding carboxylic acids is 1. The van der Waals surface area contributed by atoms with E-state index in [1.54, 1.807) is 0 Å². The Morgan fingerprint density at radius 2 is 1.34 bits per heavy atom. The number of ketones is 1. The van der Waals surface area contributed by atoms with Crippen molar-refractivity contribution in [2.24, 2.45) is 0 Å². The Balaban J connectivity index is 2.28. The van der Waals surface area contributed by atoms with Gasteiger partial charge in [0, 0.05) is 16.7 Å². The van der Waals surface area contributed by atoms with Crippen LogP contribution in [0, 0.1) is 0 Å². The lowest BCUT2D eigenvalue weighted by Crippen LogP contribution is -2.41. The predicted octanol–water partition coefficient (Wildman–Crippen LogP) is 7.29. The summed E-state index contributed by atoms with van der Waals surface area (Å²) in [4.78, 5) is 25.6. The van der Waals surface area contributed by atoms with Gasteiger partial charge in [-0.2, -0.15) is 39.5 Å². The molecule has 188 valence electrons. The summed E-state index contributed by atoms with van der Waals surface area (Å²) in [5.41, 5.74) is -7.54. The zero-order valence-electron chi connectivity index (χ0n) is 17.4. The summed E-state index contributed by atoms with van der Waals surface area (Å²) in [6, 6.07) is 0.779. The van der Waals surface area contributed by atoms with Gasteiger partial charge in [-0.1, -0.05) is 6.92 Å². The molecular formula is C22H14F9NO3. The Morgan fingerprint density at radius 3 is 1.77 bits per heavy atom. The molecule has 0 saturated carbocycles. The Labute approximate surface area is 191 Å². The van der Waals surface area contributed by atoms with Crippen LogP contribution in [0.3, 0.4) is 0 Å². The SMILES string of the molecule is CCC1C=C(C(=O)c2cc(C(F)(F)F)cc(C(F)(F)F)c2)c2cc(C(F)(F)F)ccc2N1C(=O)O. The minimum Gasteiger partial charge on any atom is -0.465 e. The van der Waals surface area contributed by atoms with Gasteiger partial charge in [-0.3, -0.25) is 9.69 Å². The van der Waals surface area contributed by atoms with E-state index in [1.807, 2.05) is 0 Å². The molecule has 1 N–H and O–H groups in total. The molecule has 0 radical (unpaired) electrons. The lowest BCUT2D eigenvalue weighted by molar-refractivity contribution is -0.143. The van der Waals surface area contributed by atoms with E-state index in [-0.39, 0.29) is 30.3 Å². The van der Waals surface area contributed by atoms with Crippen molar-refractivity contribution in [2.75, 3.05) is 4.90 Å². The predicted molar refractivity (Wildman–Crippen MR) is 105 cm³/mol. The summed E-state index contributed by atoms with van der Waals surface area (Å²) in [6.07, 6.45) is -16.1. The number of allylic oxidation sites excluding steroid dienone is 1. The smallest absolute Gasteiger partial charge is 0.416 e. The second-order valence-electron chi connectivity index (χ2n) is 7.56. The van der Waals surface area contributed by atoms with Crippen LogP contribution in [0.15, 0.2) is 42.5 Å². The van der Waals surface area contributed by atoms with Crippen molar-refractivity contribution in [1.29, 1.82) is 0 Å². The van der Waals surface area contributed by atoms with E-state index in [4.69, 9.17) is 0 Å². The van der Waals surface area contributed by atoms with E-state index >= 15 is 0 Å². The third kappa shape index (κ3) is 5.13. The van der Waals surface area contributed by atoms with Gasteiger partial charge in [-0.25, -0.2) is 4.79 Å². The number of benzene rings is 2. The van der Waals surface area contributed by atoms with E-state index in [9.17, 15) is 54.2 Å². The van der Waals surface area contributed by atoms with Crippen LogP contribution in [0.25, 0.3) is 5.57 Å². The van der Waals surface area contributed by atoms with Gasteiger partial charge >= 0.3 is 24.6 Å². The fourth-order valence-corrected chi connectivity index (χ4v) is 3.66. The molecular weight excluding hydrogens is 497 g/mol. The fraction of sp³-hybridized carbons (Fsp3) is 0.273. The largest absolute Gasteiger partial charge is 0.465 e. The first-order valence-electron chi connectivity index (χ1n) is 9.75. The van der Waals surface area contributed by atoms with Gasteiger partial charge in [-0.15, -0.1) is 0 Å². The molecule has 0 aromatic heterocycles. The molecule has 1 amide bonds. The molecule has 0 spiro atoms. The maximum absolute atomic E-state index is 13.3. The average molecular weight is 511 g/mol. The lowest BCUT2D eigenvalue weighted by atomic mass is 9.87. The van der Waals surface area contributed by atoms with E-state index in [0.29, 0.717) is 17.0 Å². The lowest BCUT2D eigenvalue weighted by Gasteiger charge is -2.33. The number of fused-ring (bicyclic) bond motifs is 1. The third-order valence-electron chi connectivity index (χ3n) is 5.28. The number of nitrogens with zero attached hydrogens (tertiary/aromatic N) is 1. The Morgan fingerprint density at radius 1 is 0.829 bits per heavy atom. The van der Waals surface area contributed by atoms with E-state index < -0.39 is 69.8 Å². The number of amides is 1. The zero-order chi connectivity index (χ0) is 26.5. The number of rotatable bonds is 3. The van der Waals surface area contributed by atoms with E-state index in [2.05, 4.69) is 0 Å². The van der Waals surface area contributed by atoms with Crippen LogP contribution in [0.2, 0.25) is 0 Å². The molecule has 1 heterocycles. The van der Waals surface area contributed by atoms with E-state index in [1.165, 1.54) is 6.92 Å². The summed E-state index contributed by atoms with van der Waals surface area (Å²) < 4.78 is 119. The molecule has 0 saturated heterocycles. The number of alkyl halides is 9. The number of hydrogen-bond acceptors (Lipinski definition) is 2. The topological polar surface area (TPSA) is 57.6 Å². The first-order chi connectivity index (χ1) is 15.9. The van der Waals surface area contributed by atoms with Crippen molar-refractivity contribution in [3.05, 3.63) is 70.3 Å². The number of Topliss-reactive ketones (excluding diaryl/α,β-unsaturated/α-hetero) is 1. The highest BCUT2D eigenvalue weighted by atomic mass is 19.4. The number of hydrogen-bond donors (Lipinski definition) is 1. The normalized spacial score (nSPS) is 16.6. The highest BCUT2D eigenvalue weighted by molar-refractivity contribution is 6.31. The van der Waals surface area contributed by atoms with Gasteiger partial charge in [0.1, 0.15) is 0 Å². The van der Waals surface area contributed by atoms with Gasteiger partial charge < -0.3 is 5.11 Å². The zero-order valence-corrected chi connectivity index (χ0v) is 17.4. The molecule has 4 nitrogen and oxygen atoms in total. The summed E-state index contributed by atoms with van der Waals surface area (Å²) in [5.74, 6) is -1.43. The minimum absolute atomic E-state index is 0.0000653. The maximum atomic E-state index is 13.3. The Kier molecular flexibility index (Phi) is 6.42. The molecule has 0 aliphatic carbocycles. The summed E-state index contributed by atoms with van der Waals surface area (Å²) in [7, 11) is 0. The van der Waals surface area contributed by atoms with Gasteiger partial charge in [0.15, 0.2) is 5.78 Å². The van der Waals surface area contributed by atoms with Crippen molar-refractivity contribution >= 4 is 23.1 Å². The highest BCUT2D eigenvalue weighted by Gasteiger charge is 2.40. The van der Waals surface area contributed by atoms with Crippen LogP contribution in [0.5, 0.6) is 0 Å².